The smallest absolute Gasteiger partial charge is 0.338 e. The number of nitrogens with one attached hydrogen (secondary N) is 1. The van der Waals surface area contributed by atoms with E-state index in [1.807, 2.05) is 24.3 Å². The molecule has 4 unspecified atom stereocenters. The van der Waals surface area contributed by atoms with Crippen LogP contribution in [0.1, 0.15) is 46.3 Å². The third-order valence-corrected chi connectivity index (χ3v) is 8.98. The van der Waals surface area contributed by atoms with Crippen molar-refractivity contribution in [2.75, 3.05) is 33.8 Å². The second-order valence-electron chi connectivity index (χ2n) is 12.4. The normalized spacial score (nSPS) is 24.4. The number of benzene rings is 2. The molecule has 2 aromatic carbocycles. The molecule has 11 heteroatoms. The fraction of sp³-hybridized carbons (Fsp3) is 0.429. The highest BCUT2D eigenvalue weighted by Crippen LogP contribution is 2.45. The van der Waals surface area contributed by atoms with Gasteiger partial charge in [0.1, 0.15) is 24.4 Å². The van der Waals surface area contributed by atoms with Gasteiger partial charge in [0, 0.05) is 58.1 Å². The molecule has 2 aromatic rings. The molecule has 242 valence electrons. The zero-order valence-corrected chi connectivity index (χ0v) is 26.0. The first kappa shape index (κ1) is 31.7. The summed E-state index contributed by atoms with van der Waals surface area (Å²) >= 11 is 0. The standard InChI is InChI=1S/C35H39N3O8/c1-37(2)30(40)14-11-22-9-12-23(13-10-22)34(43)44-28-18-26(33(42)38-16-5-8-27(38)32(41)36-15-17-39)19-29-31(28)46-35(45-29)20-24-6-3-4-7-25(24)21-35/h3-4,6-7,9-14,19,27-29,31,39H,5,8,15-18,20-21H2,1-2H3,(H,36,41). The summed E-state index contributed by atoms with van der Waals surface area (Å²) in [4.78, 5) is 55.1. The predicted molar refractivity (Wildman–Crippen MR) is 167 cm³/mol. The van der Waals surface area contributed by atoms with Crippen LogP contribution in [0.4, 0.5) is 0 Å². The first-order valence-electron chi connectivity index (χ1n) is 15.7. The molecule has 0 aromatic heterocycles. The van der Waals surface area contributed by atoms with Gasteiger partial charge >= 0.3 is 5.97 Å². The van der Waals surface area contributed by atoms with Gasteiger partial charge in [-0.1, -0.05) is 36.4 Å². The minimum Gasteiger partial charge on any atom is -0.456 e. The van der Waals surface area contributed by atoms with Crippen molar-refractivity contribution in [3.63, 3.8) is 0 Å². The highest BCUT2D eigenvalue weighted by Gasteiger charge is 2.55. The Morgan fingerprint density at radius 3 is 2.46 bits per heavy atom. The van der Waals surface area contributed by atoms with Crippen molar-refractivity contribution in [3.05, 3.63) is 88.5 Å². The van der Waals surface area contributed by atoms with Crippen molar-refractivity contribution in [3.8, 4) is 0 Å². The molecule has 2 aliphatic heterocycles. The van der Waals surface area contributed by atoms with Gasteiger partial charge in [0.15, 0.2) is 5.79 Å². The molecule has 4 atom stereocenters. The summed E-state index contributed by atoms with van der Waals surface area (Å²) in [5.41, 5.74) is 3.73. The van der Waals surface area contributed by atoms with Crippen molar-refractivity contribution >= 4 is 29.8 Å². The largest absolute Gasteiger partial charge is 0.456 e. The van der Waals surface area contributed by atoms with Crippen LogP contribution in [-0.4, -0.2) is 103 Å². The summed E-state index contributed by atoms with van der Waals surface area (Å²) in [6, 6.07) is 14.1. The highest BCUT2D eigenvalue weighted by atomic mass is 16.8. The second-order valence-corrected chi connectivity index (χ2v) is 12.4. The van der Waals surface area contributed by atoms with Gasteiger partial charge in [0.25, 0.3) is 0 Å². The lowest BCUT2D eigenvalue weighted by Crippen LogP contribution is -2.49. The molecule has 2 saturated heterocycles. The van der Waals surface area contributed by atoms with Gasteiger partial charge < -0.3 is 34.4 Å². The number of aliphatic hydroxyl groups is 1. The summed E-state index contributed by atoms with van der Waals surface area (Å²) in [6.07, 6.45) is 5.21. The summed E-state index contributed by atoms with van der Waals surface area (Å²) in [7, 11) is 3.34. The third-order valence-electron chi connectivity index (χ3n) is 8.98. The van der Waals surface area contributed by atoms with E-state index in [0.717, 1.165) is 16.7 Å². The maximum absolute atomic E-state index is 13.9. The third kappa shape index (κ3) is 6.48. The number of hydrogen-bond donors (Lipinski definition) is 2. The lowest BCUT2D eigenvalue weighted by atomic mass is 9.91. The van der Waals surface area contributed by atoms with Crippen LogP contribution in [0.5, 0.6) is 0 Å². The number of amides is 3. The maximum Gasteiger partial charge on any atom is 0.338 e. The molecule has 2 aliphatic carbocycles. The van der Waals surface area contributed by atoms with Crippen LogP contribution >= 0.6 is 0 Å². The number of aliphatic hydroxyl groups excluding tert-OH is 1. The van der Waals surface area contributed by atoms with E-state index in [2.05, 4.69) is 5.32 Å². The van der Waals surface area contributed by atoms with Crippen molar-refractivity contribution in [2.45, 2.75) is 62.2 Å². The van der Waals surface area contributed by atoms with Gasteiger partial charge in [-0.25, -0.2) is 4.79 Å². The molecule has 0 saturated carbocycles. The van der Waals surface area contributed by atoms with Crippen LogP contribution in [0.15, 0.2) is 66.3 Å². The second kappa shape index (κ2) is 13.2. The maximum atomic E-state index is 13.9. The van der Waals surface area contributed by atoms with Gasteiger partial charge in [-0.15, -0.1) is 0 Å². The average molecular weight is 630 g/mol. The summed E-state index contributed by atoms with van der Waals surface area (Å²) in [5.74, 6) is -2.26. The summed E-state index contributed by atoms with van der Waals surface area (Å²) < 4.78 is 19.2. The van der Waals surface area contributed by atoms with E-state index in [0.29, 0.717) is 43.4 Å². The quantitative estimate of drug-likeness (QED) is 0.335. The molecule has 2 fully saturated rings. The monoisotopic (exact) mass is 629 g/mol. The van der Waals surface area contributed by atoms with E-state index in [1.54, 1.807) is 55.4 Å². The first-order chi connectivity index (χ1) is 22.2. The van der Waals surface area contributed by atoms with Gasteiger partial charge in [-0.05, 0) is 53.8 Å². The van der Waals surface area contributed by atoms with Gasteiger partial charge in [0.05, 0.1) is 12.2 Å². The number of likely N-dealkylation sites (tertiary alicyclic amines) is 1. The van der Waals surface area contributed by atoms with Gasteiger partial charge in [0.2, 0.25) is 17.7 Å². The number of likely N-dealkylation sites (N-methyl/N-ethyl adjacent to an activating group) is 1. The predicted octanol–water partition coefficient (Wildman–Crippen LogP) is 2.02. The van der Waals surface area contributed by atoms with Crippen molar-refractivity contribution in [2.24, 2.45) is 0 Å². The highest BCUT2D eigenvalue weighted by molar-refractivity contribution is 5.98. The summed E-state index contributed by atoms with van der Waals surface area (Å²) in [5, 5.41) is 11.8. The minimum absolute atomic E-state index is 0.104. The number of nitrogens with zero attached hydrogens (tertiary/aromatic N) is 2. The Morgan fingerprint density at radius 1 is 1.07 bits per heavy atom. The first-order valence-corrected chi connectivity index (χ1v) is 15.7. The molecule has 6 rings (SSSR count). The zero-order valence-electron chi connectivity index (χ0n) is 26.0. The molecule has 2 N–H and O–H groups in total. The number of rotatable bonds is 8. The van der Waals surface area contributed by atoms with Crippen LogP contribution in [-0.2, 0) is 41.4 Å². The van der Waals surface area contributed by atoms with Crippen LogP contribution in [0.25, 0.3) is 6.08 Å². The van der Waals surface area contributed by atoms with E-state index in [4.69, 9.17) is 19.3 Å². The Bertz CT molecular complexity index is 1540. The van der Waals surface area contributed by atoms with E-state index in [-0.39, 0.29) is 37.3 Å². The zero-order chi connectivity index (χ0) is 32.4. The Morgan fingerprint density at radius 2 is 1.78 bits per heavy atom. The molecule has 11 nitrogen and oxygen atoms in total. The molecular weight excluding hydrogens is 590 g/mol. The molecule has 1 spiro atoms. The minimum atomic E-state index is -0.934. The van der Waals surface area contributed by atoms with Crippen molar-refractivity contribution in [1.82, 2.24) is 15.1 Å². The Balaban J connectivity index is 1.22. The number of carbonyl (C=O) groups excluding carboxylic acids is 4. The van der Waals surface area contributed by atoms with E-state index in [1.165, 1.54) is 11.0 Å². The molecule has 46 heavy (non-hydrogen) atoms. The number of carbonyl (C=O) groups is 4. The van der Waals surface area contributed by atoms with Crippen molar-refractivity contribution in [1.29, 1.82) is 0 Å². The van der Waals surface area contributed by atoms with Crippen LogP contribution < -0.4 is 5.32 Å². The molecule has 3 amide bonds. The lowest BCUT2D eigenvalue weighted by Gasteiger charge is -2.32. The SMILES string of the molecule is CN(C)C(=O)C=Cc1ccc(C(=O)OC2CC(C(=O)N3CCCC3C(=O)NCCO)=CC3OC4(Cc5ccccc5C4)OC32)cc1. The van der Waals surface area contributed by atoms with Crippen LogP contribution in [0, 0.1) is 0 Å². The molecular formula is C35H39N3O8. The topological polar surface area (TPSA) is 135 Å². The Hall–Kier alpha value is -4.32. The van der Waals surface area contributed by atoms with Gasteiger partial charge in [-0.3, -0.25) is 14.4 Å². The molecule has 0 radical (unpaired) electrons. The van der Waals surface area contributed by atoms with Gasteiger partial charge in [-0.2, -0.15) is 0 Å². The molecule has 2 heterocycles. The average Bonchev–Trinajstić information content (AvgIpc) is 3.78. The number of esters is 1. The molecule has 4 aliphatic rings. The van der Waals surface area contributed by atoms with Crippen LogP contribution in [0.3, 0.4) is 0 Å². The molecule has 0 bridgehead atoms. The fourth-order valence-corrected chi connectivity index (χ4v) is 6.67. The van der Waals surface area contributed by atoms with E-state index >= 15 is 0 Å². The fourth-order valence-electron chi connectivity index (χ4n) is 6.67. The van der Waals surface area contributed by atoms with Crippen molar-refractivity contribution < 1.29 is 38.5 Å². The van der Waals surface area contributed by atoms with Crippen LogP contribution in [0.2, 0.25) is 0 Å². The number of fused-ring (bicyclic) bond motifs is 2. The number of ether oxygens (including phenoxy) is 3. The Kier molecular flexibility index (Phi) is 9.08. The van der Waals surface area contributed by atoms with E-state index < -0.39 is 36.1 Å². The Labute approximate surface area is 267 Å². The summed E-state index contributed by atoms with van der Waals surface area (Å²) in [6.45, 7) is 0.346. The number of hydrogen-bond acceptors (Lipinski definition) is 8. The lowest BCUT2D eigenvalue weighted by molar-refractivity contribution is -0.172. The van der Waals surface area contributed by atoms with E-state index in [9.17, 15) is 19.2 Å².